The van der Waals surface area contributed by atoms with Crippen molar-refractivity contribution >= 4 is 5.97 Å². The summed E-state index contributed by atoms with van der Waals surface area (Å²) in [6.07, 6.45) is 4.65. The molecule has 0 spiro atoms. The van der Waals surface area contributed by atoms with E-state index >= 15 is 0 Å². The van der Waals surface area contributed by atoms with Crippen LogP contribution in [0.4, 0.5) is 0 Å². The minimum absolute atomic E-state index is 0.419. The van der Waals surface area contributed by atoms with E-state index in [1.165, 1.54) is 12.8 Å². The number of carboxylic acid groups (broad SMARTS) is 1. The van der Waals surface area contributed by atoms with Gasteiger partial charge in [-0.05, 0) is 36.5 Å². The zero-order valence-electron chi connectivity index (χ0n) is 7.99. The van der Waals surface area contributed by atoms with Gasteiger partial charge in [0.25, 0.3) is 0 Å². The van der Waals surface area contributed by atoms with Gasteiger partial charge in [-0.3, -0.25) is 0 Å². The Morgan fingerprint density at radius 1 is 1.43 bits per heavy atom. The van der Waals surface area contributed by atoms with Crippen molar-refractivity contribution in [3.63, 3.8) is 0 Å². The first kappa shape index (κ1) is 9.25. The molecule has 14 heavy (non-hydrogen) atoms. The van der Waals surface area contributed by atoms with Crippen LogP contribution in [0.15, 0.2) is 18.2 Å². The molecule has 1 aromatic rings. The van der Waals surface area contributed by atoms with Crippen LogP contribution in [0.5, 0.6) is 0 Å². The molecule has 73 valence electrons. The molecule has 0 heterocycles. The highest BCUT2D eigenvalue weighted by molar-refractivity contribution is 5.89. The molecule has 1 N–H and O–H groups in total. The van der Waals surface area contributed by atoms with Crippen LogP contribution in [0.25, 0.3) is 0 Å². The Bertz CT molecular complexity index is 338. The summed E-state index contributed by atoms with van der Waals surface area (Å²) in [5.74, 6) is -0.411. The molecule has 0 atom stereocenters. The summed E-state index contributed by atoms with van der Waals surface area (Å²) in [5, 5.41) is 9.01. The molecule has 0 aliphatic heterocycles. The minimum atomic E-state index is -0.830. The molecule has 1 radical (unpaired) electrons. The van der Waals surface area contributed by atoms with Crippen molar-refractivity contribution in [1.29, 1.82) is 0 Å². The third-order valence-corrected chi connectivity index (χ3v) is 2.88. The fourth-order valence-corrected chi connectivity index (χ4v) is 2.19. The Morgan fingerprint density at radius 2 is 2.14 bits per heavy atom. The standard InChI is InChI=1S/C12H13O2/c13-12(14)11-8-4-3-7-10(11)9-5-1-2-6-9/h3-4,8-9H,1-2,5-6H2,(H,13,14). The number of hydrogen-bond acceptors (Lipinski definition) is 1. The molecule has 1 fully saturated rings. The lowest BCUT2D eigenvalue weighted by atomic mass is 9.93. The van der Waals surface area contributed by atoms with E-state index in [-0.39, 0.29) is 0 Å². The molecule has 0 aromatic heterocycles. The smallest absolute Gasteiger partial charge is 0.335 e. The lowest BCUT2D eigenvalue weighted by molar-refractivity contribution is 0.0695. The second-order valence-corrected chi connectivity index (χ2v) is 3.78. The highest BCUT2D eigenvalue weighted by atomic mass is 16.4. The van der Waals surface area contributed by atoms with Crippen LogP contribution in [-0.4, -0.2) is 11.1 Å². The van der Waals surface area contributed by atoms with E-state index < -0.39 is 5.97 Å². The normalized spacial score (nSPS) is 17.1. The Labute approximate surface area is 83.6 Å². The number of benzene rings is 1. The van der Waals surface area contributed by atoms with E-state index in [0.717, 1.165) is 18.4 Å². The first-order valence-corrected chi connectivity index (χ1v) is 5.03. The van der Waals surface area contributed by atoms with Crippen molar-refractivity contribution < 1.29 is 9.90 Å². The summed E-state index contributed by atoms with van der Waals surface area (Å²) >= 11 is 0. The number of rotatable bonds is 2. The molecular formula is C12H13O2. The molecular weight excluding hydrogens is 176 g/mol. The zero-order chi connectivity index (χ0) is 9.97. The average Bonchev–Trinajstić information content (AvgIpc) is 2.70. The summed E-state index contributed by atoms with van der Waals surface area (Å²) < 4.78 is 0. The van der Waals surface area contributed by atoms with E-state index in [2.05, 4.69) is 6.07 Å². The fourth-order valence-electron chi connectivity index (χ4n) is 2.19. The molecule has 0 unspecified atom stereocenters. The highest BCUT2D eigenvalue weighted by Gasteiger charge is 2.21. The average molecular weight is 189 g/mol. The lowest BCUT2D eigenvalue weighted by Gasteiger charge is -2.11. The maximum absolute atomic E-state index is 11.0. The first-order chi connectivity index (χ1) is 6.79. The Hall–Kier alpha value is -1.31. The van der Waals surface area contributed by atoms with Crippen molar-refractivity contribution in [2.45, 2.75) is 31.6 Å². The van der Waals surface area contributed by atoms with Gasteiger partial charge in [0, 0.05) is 0 Å². The van der Waals surface area contributed by atoms with Gasteiger partial charge in [-0.15, -0.1) is 0 Å². The van der Waals surface area contributed by atoms with E-state index in [1.807, 2.05) is 0 Å². The molecule has 1 aliphatic rings. The van der Waals surface area contributed by atoms with Crippen molar-refractivity contribution in [3.8, 4) is 0 Å². The highest BCUT2D eigenvalue weighted by Crippen LogP contribution is 2.35. The Morgan fingerprint density at radius 3 is 2.79 bits per heavy atom. The molecule has 1 aliphatic carbocycles. The van der Waals surface area contributed by atoms with Gasteiger partial charge in [0.05, 0.1) is 5.56 Å². The molecule has 1 saturated carbocycles. The number of carboxylic acids is 1. The number of hydrogen-bond donors (Lipinski definition) is 1. The summed E-state index contributed by atoms with van der Waals surface area (Å²) in [6, 6.07) is 8.30. The van der Waals surface area contributed by atoms with Gasteiger partial charge in [0.1, 0.15) is 0 Å². The van der Waals surface area contributed by atoms with Gasteiger partial charge in [-0.1, -0.05) is 25.0 Å². The quantitative estimate of drug-likeness (QED) is 0.776. The van der Waals surface area contributed by atoms with Gasteiger partial charge in [-0.25, -0.2) is 4.79 Å². The van der Waals surface area contributed by atoms with Gasteiger partial charge < -0.3 is 5.11 Å². The second-order valence-electron chi connectivity index (χ2n) is 3.78. The number of aromatic carboxylic acids is 1. The molecule has 1 aromatic carbocycles. The largest absolute Gasteiger partial charge is 0.478 e. The fraction of sp³-hybridized carbons (Fsp3) is 0.417. The van der Waals surface area contributed by atoms with Crippen LogP contribution in [0.3, 0.4) is 0 Å². The van der Waals surface area contributed by atoms with E-state index in [0.29, 0.717) is 11.5 Å². The Balaban J connectivity index is 2.35. The van der Waals surface area contributed by atoms with Gasteiger partial charge in [-0.2, -0.15) is 0 Å². The predicted octanol–water partition coefficient (Wildman–Crippen LogP) is 2.84. The van der Waals surface area contributed by atoms with Gasteiger partial charge in [0.2, 0.25) is 0 Å². The molecule has 0 amide bonds. The molecule has 0 saturated heterocycles. The van der Waals surface area contributed by atoms with Crippen LogP contribution in [0.2, 0.25) is 0 Å². The lowest BCUT2D eigenvalue weighted by Crippen LogP contribution is -2.05. The second kappa shape index (κ2) is 3.82. The van der Waals surface area contributed by atoms with Crippen LogP contribution in [0, 0.1) is 6.07 Å². The molecule has 0 bridgehead atoms. The third kappa shape index (κ3) is 1.65. The monoisotopic (exact) mass is 189 g/mol. The zero-order valence-corrected chi connectivity index (χ0v) is 7.99. The van der Waals surface area contributed by atoms with Crippen LogP contribution in [-0.2, 0) is 0 Å². The third-order valence-electron chi connectivity index (χ3n) is 2.88. The first-order valence-electron chi connectivity index (χ1n) is 5.03. The van der Waals surface area contributed by atoms with Gasteiger partial charge in [0.15, 0.2) is 0 Å². The van der Waals surface area contributed by atoms with Crippen molar-refractivity contribution in [2.24, 2.45) is 0 Å². The van der Waals surface area contributed by atoms with Crippen molar-refractivity contribution in [1.82, 2.24) is 0 Å². The van der Waals surface area contributed by atoms with E-state index in [1.54, 1.807) is 18.2 Å². The van der Waals surface area contributed by atoms with Crippen molar-refractivity contribution in [3.05, 3.63) is 35.4 Å². The van der Waals surface area contributed by atoms with Gasteiger partial charge >= 0.3 is 5.97 Å². The topological polar surface area (TPSA) is 37.3 Å². The predicted molar refractivity (Wildman–Crippen MR) is 53.4 cm³/mol. The van der Waals surface area contributed by atoms with Crippen LogP contribution in [0.1, 0.15) is 47.5 Å². The van der Waals surface area contributed by atoms with Crippen LogP contribution >= 0.6 is 0 Å². The molecule has 2 rings (SSSR count). The van der Waals surface area contributed by atoms with E-state index in [4.69, 9.17) is 5.11 Å². The summed E-state index contributed by atoms with van der Waals surface area (Å²) in [7, 11) is 0. The van der Waals surface area contributed by atoms with Crippen molar-refractivity contribution in [2.75, 3.05) is 0 Å². The summed E-state index contributed by atoms with van der Waals surface area (Å²) in [4.78, 5) is 11.0. The SMILES string of the molecule is O=C(O)c1ccc[c]c1C1CCCC1. The summed E-state index contributed by atoms with van der Waals surface area (Å²) in [5.41, 5.74) is 1.33. The van der Waals surface area contributed by atoms with Crippen LogP contribution < -0.4 is 0 Å². The molecule has 2 nitrogen and oxygen atoms in total. The minimum Gasteiger partial charge on any atom is -0.478 e. The molecule has 2 heteroatoms. The maximum Gasteiger partial charge on any atom is 0.335 e. The van der Waals surface area contributed by atoms with E-state index in [9.17, 15) is 4.79 Å². The number of carbonyl (C=O) groups is 1. The summed E-state index contributed by atoms with van der Waals surface area (Å²) in [6.45, 7) is 0. The Kier molecular flexibility index (Phi) is 2.53. The maximum atomic E-state index is 11.0.